The number of nitrogens with one attached hydrogen (secondary N) is 1. The van der Waals surface area contributed by atoms with Crippen LogP contribution in [0.4, 0.5) is 5.82 Å². The van der Waals surface area contributed by atoms with Crippen LogP contribution in [0.25, 0.3) is 11.2 Å². The number of ether oxygens (including phenoxy) is 1. The molecule has 0 spiro atoms. The van der Waals surface area contributed by atoms with E-state index in [0.29, 0.717) is 35.6 Å². The highest BCUT2D eigenvalue weighted by molar-refractivity contribution is 7.44. The minimum Gasteiger partial charge on any atom is -0.394 e. The molecule has 1 aliphatic heterocycles. The molecule has 11 nitrogen and oxygen atoms in total. The first-order valence-corrected chi connectivity index (χ1v) is 16.6. The fraction of sp³-hybridized carbons (Fsp3) is 0.613. The second kappa shape index (κ2) is 16.5. The number of amides is 1. The minimum absolute atomic E-state index is 0.189. The van der Waals surface area contributed by atoms with Gasteiger partial charge in [0.1, 0.15) is 18.7 Å². The summed E-state index contributed by atoms with van der Waals surface area (Å²) < 4.78 is 23.5. The summed E-state index contributed by atoms with van der Waals surface area (Å²) in [5, 5.41) is 13.1. The third-order valence-corrected chi connectivity index (χ3v) is 9.62. The zero-order valence-electron chi connectivity index (χ0n) is 26.1. The topological polar surface area (TPSA) is 124 Å². The number of fused-ring (bicyclic) bond motifs is 1. The summed E-state index contributed by atoms with van der Waals surface area (Å²) in [4.78, 5) is 26.0. The Morgan fingerprint density at radius 3 is 2.51 bits per heavy atom. The maximum Gasteiger partial charge on any atom is 0.259 e. The summed E-state index contributed by atoms with van der Waals surface area (Å²) in [7, 11) is -1.38. The third kappa shape index (κ3) is 8.77. The van der Waals surface area contributed by atoms with Gasteiger partial charge < -0.3 is 24.2 Å². The number of carbonyl (C=O) groups excluding carboxylic acids is 1. The molecule has 1 saturated heterocycles. The Morgan fingerprint density at radius 1 is 1.09 bits per heavy atom. The average Bonchev–Trinajstić information content (AvgIpc) is 3.61. The van der Waals surface area contributed by atoms with Gasteiger partial charge in [0.2, 0.25) is 0 Å². The zero-order chi connectivity index (χ0) is 30.8. The average molecular weight is 615 g/mol. The van der Waals surface area contributed by atoms with E-state index in [1.54, 1.807) is 30.6 Å². The van der Waals surface area contributed by atoms with Crippen molar-refractivity contribution in [2.75, 3.05) is 18.5 Å². The van der Waals surface area contributed by atoms with Crippen molar-refractivity contribution in [1.82, 2.24) is 24.2 Å². The van der Waals surface area contributed by atoms with Crippen molar-refractivity contribution in [1.29, 1.82) is 0 Å². The van der Waals surface area contributed by atoms with Crippen LogP contribution >= 0.6 is 8.53 Å². The van der Waals surface area contributed by atoms with Crippen molar-refractivity contribution in [3.8, 4) is 0 Å². The Kier molecular flexibility index (Phi) is 12.8. The summed E-state index contributed by atoms with van der Waals surface area (Å²) >= 11 is 0. The first-order chi connectivity index (χ1) is 20.8. The second-order valence-electron chi connectivity index (χ2n) is 11.5. The number of aromatic nitrogens is 4. The zero-order valence-corrected chi connectivity index (χ0v) is 27.0. The summed E-state index contributed by atoms with van der Waals surface area (Å²) in [6, 6.07) is 9.38. The summed E-state index contributed by atoms with van der Waals surface area (Å²) in [5.41, 5.74) is 1.49. The van der Waals surface area contributed by atoms with Gasteiger partial charge in [-0.1, -0.05) is 57.2 Å². The molecule has 2 N–H and O–H groups in total. The lowest BCUT2D eigenvalue weighted by atomic mass is 10.1. The maximum atomic E-state index is 12.8. The third-order valence-electron chi connectivity index (χ3n) is 7.47. The van der Waals surface area contributed by atoms with Gasteiger partial charge >= 0.3 is 0 Å². The molecule has 236 valence electrons. The van der Waals surface area contributed by atoms with E-state index in [2.05, 4.69) is 59.6 Å². The molecule has 3 aromatic rings. The maximum absolute atomic E-state index is 12.8. The van der Waals surface area contributed by atoms with E-state index in [9.17, 15) is 9.90 Å². The number of rotatable bonds is 17. The molecule has 2 aromatic heterocycles. The van der Waals surface area contributed by atoms with E-state index in [0.717, 1.165) is 12.8 Å². The van der Waals surface area contributed by atoms with Crippen molar-refractivity contribution >= 4 is 31.4 Å². The molecule has 12 heteroatoms. The van der Waals surface area contributed by atoms with Crippen molar-refractivity contribution in [3.63, 3.8) is 0 Å². The first-order valence-electron chi connectivity index (χ1n) is 15.5. The van der Waals surface area contributed by atoms with Crippen LogP contribution in [0.5, 0.6) is 0 Å². The van der Waals surface area contributed by atoms with Crippen LogP contribution in [0.15, 0.2) is 43.0 Å². The lowest BCUT2D eigenvalue weighted by Gasteiger charge is -2.37. The number of aliphatic hydroxyl groups is 1. The Balaban J connectivity index is 1.47. The summed E-state index contributed by atoms with van der Waals surface area (Å²) in [5.74, 6) is 0.0356. The Bertz CT molecular complexity index is 1270. The molecular formula is C31H47N6O5P. The van der Waals surface area contributed by atoms with E-state index in [1.165, 1.54) is 32.0 Å². The molecule has 3 heterocycles. The Hall–Kier alpha value is -2.53. The number of benzene rings is 1. The lowest BCUT2D eigenvalue weighted by molar-refractivity contribution is -0.0412. The van der Waals surface area contributed by atoms with Crippen LogP contribution in [0.1, 0.15) is 96.2 Å². The molecule has 0 aliphatic carbocycles. The van der Waals surface area contributed by atoms with Gasteiger partial charge in [0.05, 0.1) is 25.6 Å². The van der Waals surface area contributed by atoms with Gasteiger partial charge in [-0.3, -0.25) is 9.36 Å². The number of hydrogen-bond donors (Lipinski definition) is 2. The molecule has 4 atom stereocenters. The number of anilines is 1. The van der Waals surface area contributed by atoms with Crippen LogP contribution in [0.2, 0.25) is 0 Å². The van der Waals surface area contributed by atoms with Gasteiger partial charge in [0.25, 0.3) is 14.4 Å². The van der Waals surface area contributed by atoms with Crippen LogP contribution in [0.3, 0.4) is 0 Å². The van der Waals surface area contributed by atoms with Crippen molar-refractivity contribution < 1.29 is 23.7 Å². The van der Waals surface area contributed by atoms with Gasteiger partial charge in [-0.2, -0.15) is 0 Å². The molecule has 0 bridgehead atoms. The quantitative estimate of drug-likeness (QED) is 0.130. The highest BCUT2D eigenvalue weighted by Gasteiger charge is 2.41. The van der Waals surface area contributed by atoms with Gasteiger partial charge in [-0.05, 0) is 46.2 Å². The highest BCUT2D eigenvalue weighted by atomic mass is 31.2. The van der Waals surface area contributed by atoms with Gasteiger partial charge in [0, 0.05) is 24.1 Å². The van der Waals surface area contributed by atoms with Gasteiger partial charge in [-0.15, -0.1) is 0 Å². The largest absolute Gasteiger partial charge is 0.394 e. The molecule has 1 unspecified atom stereocenters. The number of nitrogens with zero attached hydrogens (tertiary/aromatic N) is 5. The normalized spacial score (nSPS) is 19.6. The molecule has 1 fully saturated rings. The lowest BCUT2D eigenvalue weighted by Crippen LogP contribution is -2.36. The Morgan fingerprint density at radius 2 is 1.81 bits per heavy atom. The second-order valence-corrected chi connectivity index (χ2v) is 12.9. The predicted molar refractivity (Wildman–Crippen MR) is 169 cm³/mol. The van der Waals surface area contributed by atoms with Crippen molar-refractivity contribution in [2.24, 2.45) is 0 Å². The first kappa shape index (κ1) is 33.4. The van der Waals surface area contributed by atoms with Crippen LogP contribution in [-0.4, -0.2) is 72.7 Å². The molecule has 1 aliphatic rings. The molecule has 43 heavy (non-hydrogen) atoms. The molecular weight excluding hydrogens is 567 g/mol. The molecule has 1 amide bonds. The number of carbonyl (C=O) groups is 1. The minimum atomic E-state index is -1.38. The number of aliphatic hydroxyl groups excluding tert-OH is 1. The highest BCUT2D eigenvalue weighted by Crippen LogP contribution is 2.50. The SMILES string of the molecule is CCCCCCCCOP(O[C@@H]1C[C@H](n2cnc3c(NC(=O)c4ccccc4)ncnc32)O[C@@H]1CO)N(C(C)C)C(C)C. The van der Waals surface area contributed by atoms with Gasteiger partial charge in [-0.25, -0.2) is 19.6 Å². The number of hydrogen-bond acceptors (Lipinski definition) is 9. The van der Waals surface area contributed by atoms with E-state index in [-0.39, 0.29) is 30.7 Å². The molecule has 4 rings (SSSR count). The number of unbranched alkanes of at least 4 members (excludes halogenated alkanes) is 5. The molecule has 0 saturated carbocycles. The van der Waals surface area contributed by atoms with E-state index >= 15 is 0 Å². The van der Waals surface area contributed by atoms with E-state index in [1.807, 2.05) is 10.6 Å². The monoisotopic (exact) mass is 614 g/mol. The molecule has 1 aromatic carbocycles. The standard InChI is InChI=1S/C31H47N6O5P/c1-6-7-8-9-10-14-17-40-43(37(22(2)3)23(4)5)42-25-18-27(41-26(25)19-38)36-21-34-28-29(32-20-33-30(28)36)35-31(39)24-15-12-11-13-16-24/h11-13,15-16,20-23,25-27,38H,6-10,14,17-19H2,1-5H3,(H,32,33,35,39)/t25-,26-,27-,43?/m1/s1. The van der Waals surface area contributed by atoms with E-state index < -0.39 is 20.9 Å². The fourth-order valence-corrected chi connectivity index (χ4v) is 7.13. The number of imidazole rings is 1. The van der Waals surface area contributed by atoms with Crippen molar-refractivity contribution in [2.45, 2.75) is 110 Å². The fourth-order valence-electron chi connectivity index (χ4n) is 5.34. The summed E-state index contributed by atoms with van der Waals surface area (Å²) in [6.45, 7) is 11.3. The van der Waals surface area contributed by atoms with E-state index in [4.69, 9.17) is 13.8 Å². The predicted octanol–water partition coefficient (Wildman–Crippen LogP) is 6.47. The summed E-state index contributed by atoms with van der Waals surface area (Å²) in [6.07, 6.45) is 9.24. The molecule has 0 radical (unpaired) electrons. The Labute approximate surface area is 256 Å². The smallest absolute Gasteiger partial charge is 0.259 e. The van der Waals surface area contributed by atoms with Crippen molar-refractivity contribution in [3.05, 3.63) is 48.5 Å². The van der Waals surface area contributed by atoms with Crippen LogP contribution in [0, 0.1) is 0 Å². The van der Waals surface area contributed by atoms with Crippen LogP contribution in [-0.2, 0) is 13.8 Å². The van der Waals surface area contributed by atoms with Crippen LogP contribution < -0.4 is 5.32 Å². The van der Waals surface area contributed by atoms with Gasteiger partial charge in [0.15, 0.2) is 17.0 Å².